The van der Waals surface area contributed by atoms with Crippen LogP contribution in [0.3, 0.4) is 0 Å². The van der Waals surface area contributed by atoms with Crippen molar-refractivity contribution in [2.75, 3.05) is 37.5 Å². The first-order valence-electron chi connectivity index (χ1n) is 15.2. The molecule has 0 unspecified atom stereocenters. The van der Waals surface area contributed by atoms with E-state index in [0.29, 0.717) is 77.3 Å². The van der Waals surface area contributed by atoms with Crippen LogP contribution in [0.2, 0.25) is 5.02 Å². The topological polar surface area (TPSA) is 132 Å². The second-order valence-corrected chi connectivity index (χ2v) is 12.1. The number of halogens is 2. The molecule has 4 aromatic heterocycles. The maximum Gasteiger partial charge on any atom is 0.245 e. The van der Waals surface area contributed by atoms with Crippen LogP contribution < -0.4 is 15.0 Å². The number of anilines is 2. The van der Waals surface area contributed by atoms with Gasteiger partial charge in [-0.3, -0.25) is 4.79 Å². The van der Waals surface area contributed by atoms with Crippen molar-refractivity contribution < 1.29 is 13.9 Å². The average molecular weight is 654 g/mol. The molecule has 2 aromatic carbocycles. The number of amides is 1. The zero-order chi connectivity index (χ0) is 32.2. The first-order chi connectivity index (χ1) is 22.9. The van der Waals surface area contributed by atoms with Crippen molar-refractivity contribution in [1.82, 2.24) is 44.2 Å². The highest BCUT2D eigenvalue weighted by Crippen LogP contribution is 2.35. The van der Waals surface area contributed by atoms with Crippen molar-refractivity contribution in [3.05, 3.63) is 72.3 Å². The van der Waals surface area contributed by atoms with Gasteiger partial charge in [0.05, 0.1) is 41.3 Å². The van der Waals surface area contributed by atoms with Crippen LogP contribution in [-0.2, 0) is 11.3 Å². The van der Waals surface area contributed by atoms with Crippen molar-refractivity contribution >= 4 is 51.3 Å². The number of likely N-dealkylation sites (N-methyl/N-ethyl adjacent to an activating group) is 1. The fourth-order valence-electron chi connectivity index (χ4n) is 6.61. The normalized spacial score (nSPS) is 18.3. The molecule has 6 heterocycles. The van der Waals surface area contributed by atoms with Crippen LogP contribution in [0.1, 0.15) is 12.8 Å². The lowest BCUT2D eigenvalue weighted by Gasteiger charge is -2.29. The highest BCUT2D eigenvalue weighted by Gasteiger charge is 2.40. The molecule has 0 radical (unpaired) electrons. The van der Waals surface area contributed by atoms with Crippen LogP contribution in [-0.4, -0.2) is 89.4 Å². The van der Waals surface area contributed by atoms with Gasteiger partial charge in [0.2, 0.25) is 11.9 Å². The average Bonchev–Trinajstić information content (AvgIpc) is 3.82. The lowest BCUT2D eigenvalue weighted by atomic mass is 10.1. The van der Waals surface area contributed by atoms with Crippen molar-refractivity contribution in [2.24, 2.45) is 0 Å². The molecule has 15 heteroatoms. The van der Waals surface area contributed by atoms with E-state index in [0.717, 1.165) is 16.8 Å². The molecule has 0 aliphatic carbocycles. The smallest absolute Gasteiger partial charge is 0.245 e. The van der Waals surface area contributed by atoms with Crippen LogP contribution in [0.25, 0.3) is 39.0 Å². The Kier molecular flexibility index (Phi) is 7.08. The number of imidazole rings is 1. The van der Waals surface area contributed by atoms with E-state index in [-0.39, 0.29) is 11.9 Å². The number of carbonyl (C=O) groups is 1. The first-order valence-corrected chi connectivity index (χ1v) is 15.5. The molecule has 2 aliphatic rings. The molecule has 1 saturated heterocycles. The second kappa shape index (κ2) is 11.5. The van der Waals surface area contributed by atoms with Gasteiger partial charge in [0.15, 0.2) is 5.65 Å². The maximum atomic E-state index is 14.1. The number of methoxy groups -OCH3 is 1. The minimum Gasteiger partial charge on any atom is -0.494 e. The summed E-state index contributed by atoms with van der Waals surface area (Å²) in [4.78, 5) is 41.0. The summed E-state index contributed by atoms with van der Waals surface area (Å²) < 4.78 is 23.0. The third kappa shape index (κ3) is 4.95. The predicted molar refractivity (Wildman–Crippen MR) is 174 cm³/mol. The molecular weight excluding hydrogens is 625 g/mol. The van der Waals surface area contributed by atoms with Gasteiger partial charge in [0, 0.05) is 50.6 Å². The molecule has 47 heavy (non-hydrogen) atoms. The molecule has 1 fully saturated rings. The molecule has 2 aliphatic heterocycles. The molecule has 0 saturated carbocycles. The van der Waals surface area contributed by atoms with Crippen molar-refractivity contribution in [3.63, 3.8) is 0 Å². The van der Waals surface area contributed by atoms with Gasteiger partial charge in [0.1, 0.15) is 41.0 Å². The van der Waals surface area contributed by atoms with E-state index in [2.05, 4.69) is 34.9 Å². The van der Waals surface area contributed by atoms with E-state index in [9.17, 15) is 9.18 Å². The Labute approximate surface area is 273 Å². The zero-order valence-electron chi connectivity index (χ0n) is 25.5. The van der Waals surface area contributed by atoms with Gasteiger partial charge in [-0.25, -0.2) is 34.0 Å². The maximum absolute atomic E-state index is 14.1. The van der Waals surface area contributed by atoms with Gasteiger partial charge in [-0.2, -0.15) is 5.10 Å². The number of hydrogen-bond acceptors (Lipinski definition) is 10. The summed E-state index contributed by atoms with van der Waals surface area (Å²) >= 11 is 6.53. The molecule has 4 bridgehead atoms. The Balaban J connectivity index is 1.19. The van der Waals surface area contributed by atoms with Gasteiger partial charge in [0.25, 0.3) is 0 Å². The molecule has 13 nitrogen and oxygen atoms in total. The first kappa shape index (κ1) is 29.1. The molecular formula is C32H29ClFN11O2. The van der Waals surface area contributed by atoms with Gasteiger partial charge < -0.3 is 24.4 Å². The summed E-state index contributed by atoms with van der Waals surface area (Å²) in [6, 6.07) is 9.19. The van der Waals surface area contributed by atoms with E-state index in [1.807, 2.05) is 30.1 Å². The van der Waals surface area contributed by atoms with Crippen LogP contribution >= 0.6 is 11.6 Å². The number of benzene rings is 2. The standard InChI is InChI=1S/C32H29ClFN11O2/c1-42-10-3-11-43-17-38-27-22(33)6-5-20(28(27)43)23-8-9-35-32(41-23)40-19-13-25(31(42)46)44(15-19)29-21-14-39-45(30(21)37-16-36-29)24-7-4-18(34)12-26(24)47-2/h4-9,12,14,16-17,19,25H,3,10-11,13,15H2,1-2H3,(H,35,40,41)/t19-,25-/m0/s1. The Bertz CT molecular complexity index is 2170. The van der Waals surface area contributed by atoms with E-state index in [1.54, 1.807) is 34.4 Å². The Morgan fingerprint density at radius 2 is 1.98 bits per heavy atom. The van der Waals surface area contributed by atoms with Crippen LogP contribution in [0.15, 0.2) is 61.4 Å². The van der Waals surface area contributed by atoms with Gasteiger partial charge in [-0.1, -0.05) is 11.6 Å². The van der Waals surface area contributed by atoms with E-state index in [1.165, 1.54) is 25.6 Å². The highest BCUT2D eigenvalue weighted by atomic mass is 35.5. The Morgan fingerprint density at radius 1 is 1.09 bits per heavy atom. The molecule has 1 amide bonds. The van der Waals surface area contributed by atoms with Crippen molar-refractivity contribution in [1.29, 1.82) is 0 Å². The number of hydrogen-bond donors (Lipinski definition) is 1. The number of nitrogens with one attached hydrogen (secondary N) is 1. The predicted octanol–water partition coefficient (Wildman–Crippen LogP) is 4.34. The van der Waals surface area contributed by atoms with E-state index in [4.69, 9.17) is 21.3 Å². The number of nitrogens with zero attached hydrogens (tertiary/aromatic N) is 10. The lowest BCUT2D eigenvalue weighted by Crippen LogP contribution is -2.45. The van der Waals surface area contributed by atoms with Crippen LogP contribution in [0.5, 0.6) is 5.75 Å². The number of rotatable bonds is 3. The van der Waals surface area contributed by atoms with Crippen LogP contribution in [0, 0.1) is 5.82 Å². The SMILES string of the molecule is COc1cc(F)ccc1-n1ncc2c(N3C[C@@H]4C[C@H]3C(=O)N(C)CCCn3cnc5c(Cl)ccc(c53)-c3ccnc(n3)N4)ncnc21. The third-order valence-electron chi connectivity index (χ3n) is 8.82. The summed E-state index contributed by atoms with van der Waals surface area (Å²) in [7, 11) is 3.30. The van der Waals surface area contributed by atoms with E-state index >= 15 is 0 Å². The molecule has 238 valence electrons. The van der Waals surface area contributed by atoms with Gasteiger partial charge >= 0.3 is 0 Å². The number of fused-ring (bicyclic) bond motifs is 6. The summed E-state index contributed by atoms with van der Waals surface area (Å²) in [5.41, 5.74) is 4.26. The minimum absolute atomic E-state index is 0.0302. The molecule has 6 aromatic rings. The monoisotopic (exact) mass is 653 g/mol. The summed E-state index contributed by atoms with van der Waals surface area (Å²) in [5.74, 6) is 0.874. The Morgan fingerprint density at radius 3 is 2.85 bits per heavy atom. The Hall–Kier alpha value is -5.37. The number of ether oxygens (including phenoxy) is 1. The molecule has 0 spiro atoms. The highest BCUT2D eigenvalue weighted by molar-refractivity contribution is 6.35. The zero-order valence-corrected chi connectivity index (χ0v) is 26.3. The third-order valence-corrected chi connectivity index (χ3v) is 9.13. The fourth-order valence-corrected chi connectivity index (χ4v) is 6.81. The molecule has 2 atom stereocenters. The summed E-state index contributed by atoms with van der Waals surface area (Å²) in [6.45, 7) is 1.62. The fraction of sp³-hybridized carbons (Fsp3) is 0.281. The molecule has 8 rings (SSSR count). The summed E-state index contributed by atoms with van der Waals surface area (Å²) in [5, 5.41) is 9.26. The second-order valence-electron chi connectivity index (χ2n) is 11.7. The quantitative estimate of drug-likeness (QED) is 0.294. The molecule has 1 N–H and O–H groups in total. The van der Waals surface area contributed by atoms with E-state index < -0.39 is 11.9 Å². The van der Waals surface area contributed by atoms with Crippen molar-refractivity contribution in [3.8, 4) is 22.7 Å². The van der Waals surface area contributed by atoms with Gasteiger partial charge in [-0.05, 0) is 43.2 Å². The van der Waals surface area contributed by atoms with Crippen LogP contribution in [0.4, 0.5) is 16.2 Å². The number of carbonyl (C=O) groups excluding carboxylic acids is 1. The lowest BCUT2D eigenvalue weighted by molar-refractivity contribution is -0.131. The minimum atomic E-state index is -0.524. The summed E-state index contributed by atoms with van der Waals surface area (Å²) in [6.07, 6.45) is 7.81. The van der Waals surface area contributed by atoms with Crippen molar-refractivity contribution in [2.45, 2.75) is 31.5 Å². The van der Waals surface area contributed by atoms with Gasteiger partial charge in [-0.15, -0.1) is 0 Å². The largest absolute Gasteiger partial charge is 0.494 e. The number of aryl methyl sites for hydroxylation is 1. The number of aromatic nitrogens is 8.